The Labute approximate surface area is 132 Å². The second-order valence-corrected chi connectivity index (χ2v) is 7.55. The van der Waals surface area contributed by atoms with Crippen molar-refractivity contribution in [2.24, 2.45) is 16.5 Å². The number of hydrogen-bond acceptors (Lipinski definition) is 2. The predicted molar refractivity (Wildman–Crippen MR) is 85.6 cm³/mol. The van der Waals surface area contributed by atoms with Gasteiger partial charge in [-0.3, -0.25) is 0 Å². The zero-order valence-corrected chi connectivity index (χ0v) is 15.0. The van der Waals surface area contributed by atoms with Gasteiger partial charge in [-0.25, -0.2) is 0 Å². The van der Waals surface area contributed by atoms with E-state index < -0.39 is 21.1 Å². The number of nitrogens with zero attached hydrogens (tertiary/aromatic N) is 1. The first-order valence-corrected chi connectivity index (χ1v) is 9.07. The molecule has 0 aliphatic carbocycles. The number of rotatable bonds is 6. The van der Waals surface area contributed by atoms with Gasteiger partial charge in [0.1, 0.15) is 0 Å². The summed E-state index contributed by atoms with van der Waals surface area (Å²) in [6.45, 7) is 2.76. The maximum atomic E-state index is 5.93. The van der Waals surface area contributed by atoms with E-state index in [1.54, 1.807) is 0 Å². The van der Waals surface area contributed by atoms with Crippen LogP contribution >= 0.6 is 24.8 Å². The summed E-state index contributed by atoms with van der Waals surface area (Å²) in [4.78, 5) is 4.45. The molecule has 0 fully saturated rings. The molecule has 0 aliphatic rings. The van der Waals surface area contributed by atoms with Crippen LogP contribution < -0.4 is 11.5 Å². The quantitative estimate of drug-likeness (QED) is 0.336. The summed E-state index contributed by atoms with van der Waals surface area (Å²) >= 11 is -0.614. The summed E-state index contributed by atoms with van der Waals surface area (Å²) in [5.74, 6) is 0. The summed E-state index contributed by atoms with van der Waals surface area (Å²) in [5.41, 5.74) is 13.6. The summed E-state index contributed by atoms with van der Waals surface area (Å²) < 4.78 is 2.16. The van der Waals surface area contributed by atoms with Gasteiger partial charge in [-0.1, -0.05) is 0 Å². The molecule has 1 rings (SSSR count). The first-order chi connectivity index (χ1) is 7.76. The van der Waals surface area contributed by atoms with Gasteiger partial charge in [0.05, 0.1) is 0 Å². The van der Waals surface area contributed by atoms with Crippen LogP contribution in [0.2, 0.25) is 4.44 Å². The Morgan fingerprint density at radius 2 is 2.06 bits per heavy atom. The number of nitrogens with two attached hydrogens (primary N) is 2. The molecule has 0 saturated carbocycles. The summed E-state index contributed by atoms with van der Waals surface area (Å²) in [6.07, 6.45) is 2.53. The largest absolute Gasteiger partial charge is 0.147 e. The van der Waals surface area contributed by atoms with E-state index in [1.165, 1.54) is 17.3 Å². The van der Waals surface area contributed by atoms with Crippen LogP contribution in [0.5, 0.6) is 0 Å². The normalized spacial score (nSPS) is 10.4. The van der Waals surface area contributed by atoms with Gasteiger partial charge in [0, 0.05) is 0 Å². The molecule has 0 spiro atoms. The smallest absolute Gasteiger partial charge is 0.147 e. The second kappa shape index (κ2) is 12.1. The van der Waals surface area contributed by atoms with Crippen molar-refractivity contribution >= 4 is 55.5 Å². The number of unbranched alkanes of at least 4 members (excludes halogenated alkanes) is 1. The van der Waals surface area contributed by atoms with Gasteiger partial charge in [-0.2, -0.15) is 0 Å². The van der Waals surface area contributed by atoms with Crippen molar-refractivity contribution < 1.29 is 0 Å². The van der Waals surface area contributed by atoms with E-state index in [0.29, 0.717) is 6.54 Å². The molecule has 1 aromatic rings. The predicted octanol–water partition coefficient (Wildman–Crippen LogP) is 2.86. The topological polar surface area (TPSA) is 64.4 Å². The molecule has 0 atom stereocenters. The van der Waals surface area contributed by atoms with Crippen LogP contribution in [0.1, 0.15) is 25.3 Å². The Morgan fingerprint density at radius 3 is 2.67 bits per heavy atom. The molecule has 2 radical (unpaired) electrons. The molecule has 0 amide bonds. The van der Waals surface area contributed by atoms with Gasteiger partial charge in [0.2, 0.25) is 0 Å². The molecule has 0 saturated heterocycles. The third-order valence-corrected chi connectivity index (χ3v) is 5.31. The van der Waals surface area contributed by atoms with Crippen molar-refractivity contribution in [1.82, 2.24) is 0 Å². The number of halogens is 2. The fourth-order valence-electron chi connectivity index (χ4n) is 1.32. The van der Waals surface area contributed by atoms with Crippen molar-refractivity contribution in [2.45, 2.75) is 30.7 Å². The third-order valence-electron chi connectivity index (χ3n) is 2.23. The maximum absolute atomic E-state index is 5.93. The molecule has 0 heterocycles. The third kappa shape index (κ3) is 8.19. The Kier molecular flexibility index (Phi) is 13.7. The first-order valence-electron chi connectivity index (χ1n) is 5.63. The van der Waals surface area contributed by atoms with Crippen LogP contribution in [0, 0.1) is 0 Å². The van der Waals surface area contributed by atoms with Gasteiger partial charge in [-0.15, -0.1) is 24.8 Å². The van der Waals surface area contributed by atoms with Gasteiger partial charge in [-0.05, 0) is 0 Å². The molecular weight excluding hydrogens is 376 g/mol. The van der Waals surface area contributed by atoms with Crippen LogP contribution in [0.3, 0.4) is 0 Å². The standard InChI is InChI=1S/C8H10N3.C4H9.2ClH.Sn/c9-5-7-2-1-3-8(4-7)11-6-10;1-3-4-2;;;/h1-4H,5,9H2,(H2,10,11);1,3-4H2,2H3;2*1H;. The average molecular weight is 397 g/mol. The summed E-state index contributed by atoms with van der Waals surface area (Å²) in [7, 11) is 0. The molecule has 4 N–H and O–H groups in total. The Morgan fingerprint density at radius 1 is 1.33 bits per heavy atom. The molecule has 6 heteroatoms. The van der Waals surface area contributed by atoms with E-state index in [1.807, 2.05) is 24.3 Å². The van der Waals surface area contributed by atoms with Gasteiger partial charge < -0.3 is 0 Å². The van der Waals surface area contributed by atoms with Crippen molar-refractivity contribution in [1.29, 1.82) is 0 Å². The van der Waals surface area contributed by atoms with Crippen molar-refractivity contribution in [3.63, 3.8) is 0 Å². The number of aliphatic imine (C=N–C) groups is 1. The Hall–Kier alpha value is 0.0287. The Bertz CT molecular complexity index is 359. The fraction of sp³-hybridized carbons (Fsp3) is 0.417. The van der Waals surface area contributed by atoms with Crippen molar-refractivity contribution in [2.75, 3.05) is 0 Å². The average Bonchev–Trinajstić information content (AvgIpc) is 2.29. The summed E-state index contributed by atoms with van der Waals surface area (Å²) in [6, 6.07) is 7.97. The van der Waals surface area contributed by atoms with Crippen molar-refractivity contribution in [3.05, 3.63) is 29.8 Å². The number of amidine groups is 1. The molecule has 1 aromatic carbocycles. The molecular formula is C12H21Cl2N3Sn. The number of benzene rings is 1. The van der Waals surface area contributed by atoms with Crippen LogP contribution in [0.4, 0.5) is 5.69 Å². The van der Waals surface area contributed by atoms with Crippen LogP contribution in [-0.2, 0) is 6.54 Å². The van der Waals surface area contributed by atoms with E-state index in [0.717, 1.165) is 15.1 Å². The fourth-order valence-corrected chi connectivity index (χ4v) is 4.16. The van der Waals surface area contributed by atoms with E-state index >= 15 is 0 Å². The monoisotopic (exact) mass is 397 g/mol. The van der Waals surface area contributed by atoms with E-state index in [2.05, 4.69) is 11.9 Å². The van der Waals surface area contributed by atoms with Crippen LogP contribution in [-0.4, -0.2) is 25.0 Å². The van der Waals surface area contributed by atoms with Crippen LogP contribution in [0.15, 0.2) is 29.3 Å². The van der Waals surface area contributed by atoms with Gasteiger partial charge in [0.25, 0.3) is 0 Å². The minimum atomic E-state index is -0.614. The van der Waals surface area contributed by atoms with E-state index in [4.69, 9.17) is 11.5 Å². The molecule has 0 unspecified atom stereocenters. The maximum Gasteiger partial charge on any atom is -0.147 e. The summed E-state index contributed by atoms with van der Waals surface area (Å²) in [5, 5.41) is 0. The Balaban J connectivity index is 0. The molecule has 102 valence electrons. The molecule has 0 aromatic heterocycles. The number of hydrogen-bond donors (Lipinski definition) is 2. The van der Waals surface area contributed by atoms with Gasteiger partial charge in [0.15, 0.2) is 0 Å². The molecule has 18 heavy (non-hydrogen) atoms. The van der Waals surface area contributed by atoms with E-state index in [9.17, 15) is 0 Å². The zero-order valence-electron chi connectivity index (χ0n) is 10.6. The minimum Gasteiger partial charge on any atom is -0.147 e. The van der Waals surface area contributed by atoms with E-state index in [-0.39, 0.29) is 24.8 Å². The minimum absolute atomic E-state index is 0. The molecule has 0 aliphatic heterocycles. The zero-order chi connectivity index (χ0) is 11.8. The van der Waals surface area contributed by atoms with Crippen molar-refractivity contribution in [3.8, 4) is 0 Å². The van der Waals surface area contributed by atoms with Gasteiger partial charge >= 0.3 is 108 Å². The second-order valence-electron chi connectivity index (χ2n) is 3.65. The molecule has 3 nitrogen and oxygen atoms in total. The molecule has 0 bridgehead atoms. The SMILES string of the molecule is CCC[CH2][Sn][C](N)=Nc1cccc(CN)c1.Cl.Cl. The first kappa shape index (κ1) is 20.3. The van der Waals surface area contributed by atoms with Crippen LogP contribution in [0.25, 0.3) is 0 Å².